The number of amides is 1. The molecule has 49 heavy (non-hydrogen) atoms. The van der Waals surface area contributed by atoms with Crippen molar-refractivity contribution in [3.8, 4) is 0 Å². The predicted molar refractivity (Wildman–Crippen MR) is 202 cm³/mol. The van der Waals surface area contributed by atoms with Crippen LogP contribution in [0.4, 0.5) is 0 Å². The Bertz CT molecular complexity index is 1310. The van der Waals surface area contributed by atoms with E-state index in [1.165, 1.54) is 12.0 Å². The van der Waals surface area contributed by atoms with Gasteiger partial charge in [0.05, 0.1) is 17.4 Å². The molecule has 1 amide bonds. The van der Waals surface area contributed by atoms with E-state index in [-0.39, 0.29) is 35.6 Å². The molecule has 0 aromatic carbocycles. The van der Waals surface area contributed by atoms with E-state index < -0.39 is 6.23 Å². The number of nitrogens with zero attached hydrogens (tertiary/aromatic N) is 5. The van der Waals surface area contributed by atoms with Gasteiger partial charge in [-0.2, -0.15) is 0 Å². The van der Waals surface area contributed by atoms with Gasteiger partial charge in [-0.25, -0.2) is 4.90 Å². The fraction of sp³-hybridized carbons (Fsp3) is 0.692. The standard InChI is InChI=1S/C39H66N8O2/c1-12-20-47(21-16-17-28(4)22-27(2)3)37(48)36-41-23-32(24-44(36)9)33-25-43(8)30(6)34(45(33)10)38(46(11)39(7)26-42-39)49-35(40)29(5)31-18-14-13-15-19-31/h13-15,18,23,27-28,31,33,36,38,40-42H,5,12,16-17,19-22,24-26H2,1-4,6-11H3. The number of rotatable bonds is 16. The second kappa shape index (κ2) is 16.8. The molecule has 0 spiro atoms. The zero-order valence-electron chi connectivity index (χ0n) is 32.2. The number of nitrogens with one attached hydrogen (secondary N) is 3. The van der Waals surface area contributed by atoms with Crippen LogP contribution in [0.1, 0.15) is 73.6 Å². The van der Waals surface area contributed by atoms with E-state index in [1.54, 1.807) is 0 Å². The van der Waals surface area contributed by atoms with Crippen LogP contribution in [-0.2, 0) is 9.53 Å². The first-order chi connectivity index (χ1) is 23.2. The SMILES string of the molecule is C=C(C(=N)OC(C1=C(C)N(C)CC(C2=CNC(C(=O)N(CCC)CCCC(C)CC(C)C)N(C)C2)N1C)N(C)C1(C)CN1)C1C=CC=CC1. The maximum atomic E-state index is 13.9. The highest BCUT2D eigenvalue weighted by molar-refractivity contribution is 5.91. The summed E-state index contributed by atoms with van der Waals surface area (Å²) in [4.78, 5) is 24.9. The first-order valence-corrected chi connectivity index (χ1v) is 18.5. The summed E-state index contributed by atoms with van der Waals surface area (Å²) in [6.07, 6.45) is 14.6. The highest BCUT2D eigenvalue weighted by Crippen LogP contribution is 2.35. The normalized spacial score (nSPS) is 26.9. The van der Waals surface area contributed by atoms with Gasteiger partial charge in [-0.1, -0.05) is 58.6 Å². The Morgan fingerprint density at radius 1 is 1.20 bits per heavy atom. The minimum Gasteiger partial charge on any atom is -0.453 e. The molecule has 0 bridgehead atoms. The third-order valence-corrected chi connectivity index (χ3v) is 11.0. The largest absolute Gasteiger partial charge is 0.453 e. The lowest BCUT2D eigenvalue weighted by Gasteiger charge is -2.48. The van der Waals surface area contributed by atoms with Crippen LogP contribution in [0.25, 0.3) is 0 Å². The maximum absolute atomic E-state index is 13.9. The van der Waals surface area contributed by atoms with Gasteiger partial charge in [-0.15, -0.1) is 0 Å². The van der Waals surface area contributed by atoms with E-state index in [2.05, 4.69) is 123 Å². The summed E-state index contributed by atoms with van der Waals surface area (Å²) in [5, 5.41) is 16.0. The van der Waals surface area contributed by atoms with Crippen molar-refractivity contribution < 1.29 is 9.53 Å². The third kappa shape index (κ3) is 9.38. The van der Waals surface area contributed by atoms with Gasteiger partial charge in [0.15, 0.2) is 12.4 Å². The molecule has 1 aliphatic carbocycles. The fourth-order valence-corrected chi connectivity index (χ4v) is 7.53. The lowest BCUT2D eigenvalue weighted by Crippen LogP contribution is -2.60. The number of carbonyl (C=O) groups excluding carboxylic acids is 1. The number of likely N-dealkylation sites (N-methyl/N-ethyl adjacent to an activating group) is 4. The Kier molecular flexibility index (Phi) is 13.2. The Balaban J connectivity index is 1.50. The minimum absolute atomic E-state index is 0.0483. The first kappa shape index (κ1) is 38.7. The zero-order chi connectivity index (χ0) is 36.0. The van der Waals surface area contributed by atoms with Crippen molar-refractivity contribution in [2.24, 2.45) is 17.8 Å². The third-order valence-electron chi connectivity index (χ3n) is 11.0. The molecule has 3 aliphatic heterocycles. The van der Waals surface area contributed by atoms with Crippen LogP contribution in [0.5, 0.6) is 0 Å². The second-order valence-corrected chi connectivity index (χ2v) is 15.6. The molecule has 0 aromatic heterocycles. The van der Waals surface area contributed by atoms with Gasteiger partial charge >= 0.3 is 0 Å². The summed E-state index contributed by atoms with van der Waals surface area (Å²) in [6, 6.07) is 0.0483. The fourth-order valence-electron chi connectivity index (χ4n) is 7.53. The zero-order valence-corrected chi connectivity index (χ0v) is 32.2. The molecule has 274 valence electrons. The van der Waals surface area contributed by atoms with Crippen molar-refractivity contribution in [2.75, 3.05) is 60.9 Å². The topological polar surface area (TPSA) is 100 Å². The summed E-state index contributed by atoms with van der Waals surface area (Å²) < 4.78 is 6.63. The molecule has 0 radical (unpaired) electrons. The molecule has 1 fully saturated rings. The van der Waals surface area contributed by atoms with Crippen molar-refractivity contribution in [3.63, 3.8) is 0 Å². The number of carbonyl (C=O) groups is 1. The lowest BCUT2D eigenvalue weighted by atomic mass is 9.93. The highest BCUT2D eigenvalue weighted by Gasteiger charge is 2.48. The summed E-state index contributed by atoms with van der Waals surface area (Å²) in [5.74, 6) is 1.71. The molecule has 0 aromatic rings. The lowest BCUT2D eigenvalue weighted by molar-refractivity contribution is -0.137. The van der Waals surface area contributed by atoms with Crippen LogP contribution < -0.4 is 10.6 Å². The number of ether oxygens (including phenoxy) is 1. The smallest absolute Gasteiger partial charge is 0.260 e. The molecule has 3 heterocycles. The van der Waals surface area contributed by atoms with Crippen LogP contribution >= 0.6 is 0 Å². The van der Waals surface area contributed by atoms with E-state index in [1.807, 2.05) is 19.2 Å². The molecule has 6 unspecified atom stereocenters. The summed E-state index contributed by atoms with van der Waals surface area (Å²) >= 11 is 0. The Morgan fingerprint density at radius 2 is 1.92 bits per heavy atom. The van der Waals surface area contributed by atoms with Crippen molar-refractivity contribution in [1.82, 2.24) is 35.1 Å². The number of hydrogen-bond donors (Lipinski definition) is 3. The van der Waals surface area contributed by atoms with Crippen LogP contribution in [0.15, 0.2) is 59.6 Å². The van der Waals surface area contributed by atoms with Crippen LogP contribution in [0.3, 0.4) is 0 Å². The quantitative estimate of drug-likeness (QED) is 0.0891. The van der Waals surface area contributed by atoms with E-state index in [0.717, 1.165) is 63.3 Å². The average molecular weight is 679 g/mol. The molecule has 4 rings (SSSR count). The Labute approximate surface area is 297 Å². The summed E-state index contributed by atoms with van der Waals surface area (Å²) in [7, 11) is 8.38. The van der Waals surface area contributed by atoms with Gasteiger partial charge in [0.1, 0.15) is 0 Å². The first-order valence-electron chi connectivity index (χ1n) is 18.5. The van der Waals surface area contributed by atoms with Crippen molar-refractivity contribution in [3.05, 3.63) is 59.6 Å². The van der Waals surface area contributed by atoms with Gasteiger partial charge in [0, 0.05) is 70.2 Å². The monoisotopic (exact) mass is 679 g/mol. The van der Waals surface area contributed by atoms with E-state index in [4.69, 9.17) is 10.1 Å². The van der Waals surface area contributed by atoms with Crippen LogP contribution in [-0.4, -0.2) is 121 Å². The van der Waals surface area contributed by atoms with Gasteiger partial charge in [-0.3, -0.25) is 20.4 Å². The average Bonchev–Trinajstić information content (AvgIpc) is 3.82. The minimum atomic E-state index is -0.502. The van der Waals surface area contributed by atoms with Crippen LogP contribution in [0.2, 0.25) is 0 Å². The molecular weight excluding hydrogens is 612 g/mol. The highest BCUT2D eigenvalue weighted by atomic mass is 16.5. The van der Waals surface area contributed by atoms with E-state index >= 15 is 0 Å². The predicted octanol–water partition coefficient (Wildman–Crippen LogP) is 5.17. The van der Waals surface area contributed by atoms with Crippen LogP contribution in [0, 0.1) is 23.2 Å². The van der Waals surface area contributed by atoms with Crippen molar-refractivity contribution >= 4 is 11.8 Å². The molecule has 10 nitrogen and oxygen atoms in total. The van der Waals surface area contributed by atoms with Gasteiger partial charge in [-0.05, 0) is 77.5 Å². The van der Waals surface area contributed by atoms with Crippen molar-refractivity contribution in [2.45, 2.75) is 97.7 Å². The van der Waals surface area contributed by atoms with Gasteiger partial charge in [0.2, 0.25) is 5.90 Å². The number of hydrogen-bond acceptors (Lipinski definition) is 9. The van der Waals surface area contributed by atoms with E-state index in [0.29, 0.717) is 24.0 Å². The molecule has 4 aliphatic rings. The molecule has 3 N–H and O–H groups in total. The second-order valence-electron chi connectivity index (χ2n) is 15.6. The maximum Gasteiger partial charge on any atom is 0.260 e. The number of allylic oxidation sites excluding steroid dienone is 5. The van der Waals surface area contributed by atoms with Crippen molar-refractivity contribution in [1.29, 1.82) is 5.41 Å². The molecular formula is C39H66N8O2. The van der Waals surface area contributed by atoms with E-state index in [9.17, 15) is 4.79 Å². The summed E-state index contributed by atoms with van der Waals surface area (Å²) in [6.45, 7) is 21.6. The summed E-state index contributed by atoms with van der Waals surface area (Å²) in [5.41, 5.74) is 3.81. The van der Waals surface area contributed by atoms with Gasteiger partial charge in [0.25, 0.3) is 5.91 Å². The Morgan fingerprint density at radius 3 is 2.51 bits per heavy atom. The molecule has 1 saturated heterocycles. The van der Waals surface area contributed by atoms with Gasteiger partial charge < -0.3 is 24.8 Å². The molecule has 0 saturated carbocycles. The Hall–Kier alpha value is -3.08. The molecule has 10 heteroatoms. The molecule has 6 atom stereocenters.